The molecule has 0 aliphatic carbocycles. The summed E-state index contributed by atoms with van der Waals surface area (Å²) in [6.45, 7) is 6.15. The lowest BCUT2D eigenvalue weighted by atomic mass is 9.84. The fraction of sp³-hybridized carbons (Fsp3) is 0.929. The zero-order chi connectivity index (χ0) is 13.4. The Kier molecular flexibility index (Phi) is 6.65. The molecule has 1 aliphatic heterocycles. The SMILES string of the molecule is CC(C)(CCN)CCC(=O)OCC1CCCCO1. The number of carbonyl (C=O) groups excluding carboxylic acids is 1. The third-order valence-corrected chi connectivity index (χ3v) is 3.53. The highest BCUT2D eigenvalue weighted by Crippen LogP contribution is 2.26. The minimum atomic E-state index is -0.116. The van der Waals surface area contributed by atoms with Crippen LogP contribution in [0.3, 0.4) is 0 Å². The normalized spacial score (nSPS) is 20.7. The number of hydrogen-bond donors (Lipinski definition) is 1. The van der Waals surface area contributed by atoms with E-state index < -0.39 is 0 Å². The Labute approximate surface area is 110 Å². The first-order valence-corrected chi connectivity index (χ1v) is 7.01. The van der Waals surface area contributed by atoms with Crippen LogP contribution in [0, 0.1) is 5.41 Å². The molecule has 1 saturated heterocycles. The van der Waals surface area contributed by atoms with Gasteiger partial charge in [0.25, 0.3) is 0 Å². The fourth-order valence-corrected chi connectivity index (χ4v) is 2.15. The van der Waals surface area contributed by atoms with Crippen LogP contribution in [0.15, 0.2) is 0 Å². The maximum absolute atomic E-state index is 11.6. The number of rotatable bonds is 7. The van der Waals surface area contributed by atoms with Gasteiger partial charge in [-0.3, -0.25) is 4.79 Å². The van der Waals surface area contributed by atoms with E-state index in [1.807, 2.05) is 0 Å². The second-order valence-corrected chi connectivity index (χ2v) is 5.87. The molecule has 0 saturated carbocycles. The van der Waals surface area contributed by atoms with Crippen molar-refractivity contribution in [3.63, 3.8) is 0 Å². The van der Waals surface area contributed by atoms with Gasteiger partial charge in [-0.15, -0.1) is 0 Å². The van der Waals surface area contributed by atoms with E-state index in [2.05, 4.69) is 13.8 Å². The molecule has 2 N–H and O–H groups in total. The van der Waals surface area contributed by atoms with Gasteiger partial charge in [-0.05, 0) is 44.1 Å². The molecule has 4 heteroatoms. The van der Waals surface area contributed by atoms with Crippen LogP contribution < -0.4 is 5.73 Å². The molecule has 0 aromatic heterocycles. The average molecular weight is 257 g/mol. The lowest BCUT2D eigenvalue weighted by Gasteiger charge is -2.24. The Bertz CT molecular complexity index is 247. The summed E-state index contributed by atoms with van der Waals surface area (Å²) in [5, 5.41) is 0. The summed E-state index contributed by atoms with van der Waals surface area (Å²) in [5.74, 6) is -0.116. The first-order valence-electron chi connectivity index (χ1n) is 7.01. The summed E-state index contributed by atoms with van der Waals surface area (Å²) in [4.78, 5) is 11.6. The van der Waals surface area contributed by atoms with Gasteiger partial charge in [0.1, 0.15) is 6.61 Å². The van der Waals surface area contributed by atoms with Crippen molar-refractivity contribution in [3.05, 3.63) is 0 Å². The number of esters is 1. The molecule has 1 fully saturated rings. The van der Waals surface area contributed by atoms with E-state index in [9.17, 15) is 4.79 Å². The molecule has 0 aromatic rings. The molecule has 0 aromatic carbocycles. The van der Waals surface area contributed by atoms with Gasteiger partial charge >= 0.3 is 5.97 Å². The van der Waals surface area contributed by atoms with E-state index in [0.29, 0.717) is 19.6 Å². The Morgan fingerprint density at radius 3 is 2.78 bits per heavy atom. The smallest absolute Gasteiger partial charge is 0.305 e. The average Bonchev–Trinajstić information content (AvgIpc) is 2.35. The van der Waals surface area contributed by atoms with E-state index in [1.54, 1.807) is 0 Å². The van der Waals surface area contributed by atoms with Crippen LogP contribution in [0.1, 0.15) is 52.4 Å². The van der Waals surface area contributed by atoms with Crippen molar-refractivity contribution in [2.45, 2.75) is 58.5 Å². The van der Waals surface area contributed by atoms with Gasteiger partial charge in [0.15, 0.2) is 0 Å². The molecule has 1 heterocycles. The second-order valence-electron chi connectivity index (χ2n) is 5.87. The molecular formula is C14H27NO3. The van der Waals surface area contributed by atoms with Gasteiger partial charge < -0.3 is 15.2 Å². The zero-order valence-corrected chi connectivity index (χ0v) is 11.7. The standard InChI is InChI=1S/C14H27NO3/c1-14(2,8-9-15)7-6-13(16)18-11-12-5-3-4-10-17-12/h12H,3-11,15H2,1-2H3. The van der Waals surface area contributed by atoms with Crippen molar-refractivity contribution in [1.82, 2.24) is 0 Å². The van der Waals surface area contributed by atoms with Crippen molar-refractivity contribution in [1.29, 1.82) is 0 Å². The maximum atomic E-state index is 11.6. The monoisotopic (exact) mass is 257 g/mol. The molecule has 1 atom stereocenters. The van der Waals surface area contributed by atoms with E-state index in [4.69, 9.17) is 15.2 Å². The van der Waals surface area contributed by atoms with Crippen molar-refractivity contribution in [2.24, 2.45) is 11.1 Å². The summed E-state index contributed by atoms with van der Waals surface area (Å²) >= 11 is 0. The molecule has 106 valence electrons. The van der Waals surface area contributed by atoms with Crippen molar-refractivity contribution in [3.8, 4) is 0 Å². The first-order chi connectivity index (χ1) is 8.53. The van der Waals surface area contributed by atoms with Crippen LogP contribution in [-0.4, -0.2) is 31.8 Å². The Morgan fingerprint density at radius 1 is 1.39 bits per heavy atom. The van der Waals surface area contributed by atoms with Gasteiger partial charge in [-0.1, -0.05) is 13.8 Å². The Hall–Kier alpha value is -0.610. The van der Waals surface area contributed by atoms with E-state index in [-0.39, 0.29) is 17.5 Å². The van der Waals surface area contributed by atoms with Crippen molar-refractivity contribution < 1.29 is 14.3 Å². The molecule has 0 bridgehead atoms. The molecular weight excluding hydrogens is 230 g/mol. The summed E-state index contributed by atoms with van der Waals surface area (Å²) in [6, 6.07) is 0. The van der Waals surface area contributed by atoms with Crippen LogP contribution in [0.2, 0.25) is 0 Å². The summed E-state index contributed by atoms with van der Waals surface area (Å²) in [6.07, 6.45) is 5.65. The minimum absolute atomic E-state index is 0.111. The van der Waals surface area contributed by atoms with Crippen LogP contribution in [0.4, 0.5) is 0 Å². The second kappa shape index (κ2) is 7.74. The van der Waals surface area contributed by atoms with Gasteiger partial charge in [0, 0.05) is 13.0 Å². The number of carbonyl (C=O) groups is 1. The number of hydrogen-bond acceptors (Lipinski definition) is 4. The van der Waals surface area contributed by atoms with Crippen LogP contribution in [0.25, 0.3) is 0 Å². The zero-order valence-electron chi connectivity index (χ0n) is 11.7. The molecule has 0 spiro atoms. The van der Waals surface area contributed by atoms with Crippen molar-refractivity contribution in [2.75, 3.05) is 19.8 Å². The van der Waals surface area contributed by atoms with Crippen molar-refractivity contribution >= 4 is 5.97 Å². The fourth-order valence-electron chi connectivity index (χ4n) is 2.15. The van der Waals surface area contributed by atoms with Gasteiger partial charge in [0.2, 0.25) is 0 Å². The lowest BCUT2D eigenvalue weighted by molar-refractivity contribution is -0.149. The highest BCUT2D eigenvalue weighted by Gasteiger charge is 2.20. The summed E-state index contributed by atoms with van der Waals surface area (Å²) in [5.41, 5.74) is 5.66. The van der Waals surface area contributed by atoms with E-state index >= 15 is 0 Å². The van der Waals surface area contributed by atoms with Crippen LogP contribution >= 0.6 is 0 Å². The minimum Gasteiger partial charge on any atom is -0.463 e. The molecule has 0 amide bonds. The molecule has 1 rings (SSSR count). The highest BCUT2D eigenvalue weighted by molar-refractivity contribution is 5.69. The molecule has 1 aliphatic rings. The topological polar surface area (TPSA) is 61.6 Å². The van der Waals surface area contributed by atoms with Crippen LogP contribution in [0.5, 0.6) is 0 Å². The number of ether oxygens (including phenoxy) is 2. The Morgan fingerprint density at radius 2 is 2.17 bits per heavy atom. The highest BCUT2D eigenvalue weighted by atomic mass is 16.6. The summed E-state index contributed by atoms with van der Waals surface area (Å²) in [7, 11) is 0. The number of nitrogens with two attached hydrogens (primary N) is 1. The quantitative estimate of drug-likeness (QED) is 0.711. The molecule has 0 radical (unpaired) electrons. The largest absolute Gasteiger partial charge is 0.463 e. The van der Waals surface area contributed by atoms with Crippen LogP contribution in [-0.2, 0) is 14.3 Å². The third kappa shape index (κ3) is 6.36. The van der Waals surface area contributed by atoms with E-state index in [1.165, 1.54) is 6.42 Å². The molecule has 4 nitrogen and oxygen atoms in total. The molecule has 1 unspecified atom stereocenters. The van der Waals surface area contributed by atoms with Gasteiger partial charge in [-0.25, -0.2) is 0 Å². The predicted octanol–water partition coefficient (Wildman–Crippen LogP) is 2.25. The summed E-state index contributed by atoms with van der Waals surface area (Å²) < 4.78 is 10.8. The molecule has 18 heavy (non-hydrogen) atoms. The van der Waals surface area contributed by atoms with E-state index in [0.717, 1.165) is 32.3 Å². The van der Waals surface area contributed by atoms with Gasteiger partial charge in [-0.2, -0.15) is 0 Å². The third-order valence-electron chi connectivity index (χ3n) is 3.53. The first kappa shape index (κ1) is 15.4. The Balaban J connectivity index is 2.13. The lowest BCUT2D eigenvalue weighted by Crippen LogP contribution is -2.26. The predicted molar refractivity (Wildman–Crippen MR) is 71.2 cm³/mol. The maximum Gasteiger partial charge on any atom is 0.305 e. The van der Waals surface area contributed by atoms with Gasteiger partial charge in [0.05, 0.1) is 6.10 Å².